The minimum absolute atomic E-state index is 0.0197. The van der Waals surface area contributed by atoms with Gasteiger partial charge < -0.3 is 9.80 Å². The monoisotopic (exact) mass is 334 g/mol. The molecule has 0 radical (unpaired) electrons. The Bertz CT molecular complexity index is 859. The number of benzene rings is 2. The summed E-state index contributed by atoms with van der Waals surface area (Å²) in [5, 5.41) is 0. The summed E-state index contributed by atoms with van der Waals surface area (Å²) in [6, 6.07) is 13.8. The number of aryl methyl sites for hydroxylation is 1. The van der Waals surface area contributed by atoms with Crippen LogP contribution in [0.1, 0.15) is 35.7 Å². The molecule has 0 unspecified atom stereocenters. The zero-order valence-corrected chi connectivity index (χ0v) is 14.7. The molecule has 1 saturated heterocycles. The lowest BCUT2D eigenvalue weighted by atomic mass is 9.95. The number of hydrogen-bond donors (Lipinski definition) is 0. The zero-order valence-electron chi connectivity index (χ0n) is 14.7. The molecule has 1 fully saturated rings. The summed E-state index contributed by atoms with van der Waals surface area (Å²) in [5.74, 6) is -0.00246. The maximum absolute atomic E-state index is 13.1. The molecule has 2 aromatic carbocycles. The Kier molecular flexibility index (Phi) is 3.83. The van der Waals surface area contributed by atoms with Crippen molar-refractivity contribution in [3.63, 3.8) is 0 Å². The van der Waals surface area contributed by atoms with E-state index in [2.05, 4.69) is 19.1 Å². The van der Waals surface area contributed by atoms with Crippen LogP contribution in [-0.4, -0.2) is 36.3 Å². The normalized spacial score (nSPS) is 19.7. The lowest BCUT2D eigenvalue weighted by molar-refractivity contribution is -0.121. The van der Waals surface area contributed by atoms with E-state index >= 15 is 0 Å². The molecule has 2 aliphatic heterocycles. The molecule has 4 rings (SSSR count). The first-order valence-electron chi connectivity index (χ1n) is 8.92. The van der Waals surface area contributed by atoms with Gasteiger partial charge in [-0.15, -0.1) is 0 Å². The summed E-state index contributed by atoms with van der Waals surface area (Å²) in [7, 11) is 1.77. The van der Waals surface area contributed by atoms with Gasteiger partial charge in [-0.1, -0.05) is 37.3 Å². The van der Waals surface area contributed by atoms with Gasteiger partial charge in [-0.25, -0.2) is 0 Å². The molecule has 2 heterocycles. The van der Waals surface area contributed by atoms with Gasteiger partial charge >= 0.3 is 0 Å². The largest absolute Gasteiger partial charge is 0.327 e. The Hall–Kier alpha value is -2.62. The summed E-state index contributed by atoms with van der Waals surface area (Å²) in [4.78, 5) is 29.2. The van der Waals surface area contributed by atoms with Gasteiger partial charge in [-0.3, -0.25) is 9.59 Å². The van der Waals surface area contributed by atoms with E-state index in [1.807, 2.05) is 30.3 Å². The molecule has 128 valence electrons. The van der Waals surface area contributed by atoms with Crippen LogP contribution < -0.4 is 4.90 Å². The van der Waals surface area contributed by atoms with Crippen LogP contribution in [0.3, 0.4) is 0 Å². The van der Waals surface area contributed by atoms with Crippen molar-refractivity contribution in [3.05, 3.63) is 53.6 Å². The number of rotatable bonds is 2. The van der Waals surface area contributed by atoms with Gasteiger partial charge in [0, 0.05) is 13.6 Å². The van der Waals surface area contributed by atoms with E-state index in [0.717, 1.165) is 30.4 Å². The van der Waals surface area contributed by atoms with Crippen LogP contribution in [0.5, 0.6) is 0 Å². The number of amides is 2. The molecule has 0 bridgehead atoms. The smallest absolute Gasteiger partial charge is 0.256 e. The highest BCUT2D eigenvalue weighted by Gasteiger charge is 2.40. The number of carbonyl (C=O) groups excluding carboxylic acids is 2. The molecule has 4 nitrogen and oxygen atoms in total. The van der Waals surface area contributed by atoms with E-state index in [9.17, 15) is 9.59 Å². The molecule has 0 N–H and O–H groups in total. The maximum atomic E-state index is 13.1. The number of fused-ring (bicyclic) bond motifs is 2. The Morgan fingerprint density at radius 2 is 1.88 bits per heavy atom. The molecule has 0 saturated carbocycles. The molecular weight excluding hydrogens is 312 g/mol. The topological polar surface area (TPSA) is 40.6 Å². The third-order valence-electron chi connectivity index (χ3n) is 5.43. The Morgan fingerprint density at radius 1 is 1.08 bits per heavy atom. The maximum Gasteiger partial charge on any atom is 0.256 e. The first kappa shape index (κ1) is 15.9. The lowest BCUT2D eigenvalue weighted by Crippen LogP contribution is -2.43. The third-order valence-corrected chi connectivity index (χ3v) is 5.43. The molecule has 1 atom stereocenters. The van der Waals surface area contributed by atoms with Gasteiger partial charge in [-0.05, 0) is 48.1 Å². The van der Waals surface area contributed by atoms with Crippen molar-refractivity contribution >= 4 is 17.5 Å². The first-order valence-corrected chi connectivity index (χ1v) is 8.92. The highest BCUT2D eigenvalue weighted by Crippen LogP contribution is 2.35. The van der Waals surface area contributed by atoms with E-state index in [4.69, 9.17) is 0 Å². The minimum Gasteiger partial charge on any atom is -0.327 e. The Labute approximate surface area is 148 Å². The molecule has 4 heteroatoms. The van der Waals surface area contributed by atoms with Gasteiger partial charge in [0.25, 0.3) is 5.91 Å². The molecule has 2 aliphatic rings. The van der Waals surface area contributed by atoms with Crippen LogP contribution in [0.4, 0.5) is 5.69 Å². The van der Waals surface area contributed by atoms with Crippen molar-refractivity contribution in [2.24, 2.45) is 0 Å². The quantitative estimate of drug-likeness (QED) is 0.843. The van der Waals surface area contributed by atoms with Crippen LogP contribution >= 0.6 is 0 Å². The fourth-order valence-electron chi connectivity index (χ4n) is 4.04. The summed E-state index contributed by atoms with van der Waals surface area (Å²) in [6.07, 6.45) is 2.59. The second-order valence-corrected chi connectivity index (χ2v) is 6.80. The molecule has 0 aliphatic carbocycles. The average Bonchev–Trinajstić information content (AvgIpc) is 3.13. The van der Waals surface area contributed by atoms with Gasteiger partial charge in [0.2, 0.25) is 5.91 Å². The van der Waals surface area contributed by atoms with Crippen LogP contribution in [0.25, 0.3) is 11.1 Å². The minimum atomic E-state index is -0.309. The van der Waals surface area contributed by atoms with Gasteiger partial charge in [0.1, 0.15) is 6.04 Å². The van der Waals surface area contributed by atoms with Crippen LogP contribution in [0.15, 0.2) is 42.5 Å². The number of likely N-dealkylation sites (N-methyl/N-ethyl adjacent to an activating group) is 1. The highest BCUT2D eigenvalue weighted by atomic mass is 16.2. The predicted molar refractivity (Wildman–Crippen MR) is 98.7 cm³/mol. The number of anilines is 1. The van der Waals surface area contributed by atoms with Crippen LogP contribution in [0.2, 0.25) is 0 Å². The van der Waals surface area contributed by atoms with Crippen LogP contribution in [0, 0.1) is 0 Å². The van der Waals surface area contributed by atoms with E-state index in [0.29, 0.717) is 17.8 Å². The van der Waals surface area contributed by atoms with Gasteiger partial charge in [0.05, 0.1) is 11.3 Å². The molecule has 0 spiro atoms. The summed E-state index contributed by atoms with van der Waals surface area (Å²) in [5.41, 5.74) is 4.78. The van der Waals surface area contributed by atoms with E-state index in [1.54, 1.807) is 16.8 Å². The third kappa shape index (κ3) is 2.44. The lowest BCUT2D eigenvalue weighted by Gasteiger charge is -2.22. The van der Waals surface area contributed by atoms with E-state index < -0.39 is 0 Å². The molecule has 2 amide bonds. The SMILES string of the molecule is CCc1ccccc1-c1ccc2c(c1)C(=O)N1CCC[C@H]1C(=O)N2C. The van der Waals surface area contributed by atoms with Gasteiger partial charge in [-0.2, -0.15) is 0 Å². The predicted octanol–water partition coefficient (Wildman–Crippen LogP) is 3.50. The standard InChI is InChI=1S/C21H22N2O2/c1-3-14-7-4-5-8-16(14)15-10-11-18-17(13-15)20(24)23-12-6-9-19(23)21(25)22(18)2/h4-5,7-8,10-11,13,19H,3,6,9,12H2,1-2H3/t19-/m0/s1. The fourth-order valence-corrected chi connectivity index (χ4v) is 4.04. The number of carbonyl (C=O) groups is 2. The second-order valence-electron chi connectivity index (χ2n) is 6.80. The highest BCUT2D eigenvalue weighted by molar-refractivity contribution is 6.11. The molecule has 2 aromatic rings. The molecular formula is C21H22N2O2. The van der Waals surface area contributed by atoms with Crippen molar-refractivity contribution in [3.8, 4) is 11.1 Å². The summed E-state index contributed by atoms with van der Waals surface area (Å²) < 4.78 is 0. The molecule has 0 aromatic heterocycles. The van der Waals surface area contributed by atoms with Crippen molar-refractivity contribution in [1.29, 1.82) is 0 Å². The number of nitrogens with zero attached hydrogens (tertiary/aromatic N) is 2. The van der Waals surface area contributed by atoms with E-state index in [-0.39, 0.29) is 17.9 Å². The van der Waals surface area contributed by atoms with Crippen molar-refractivity contribution in [2.45, 2.75) is 32.2 Å². The van der Waals surface area contributed by atoms with Crippen LogP contribution in [-0.2, 0) is 11.2 Å². The van der Waals surface area contributed by atoms with Crippen molar-refractivity contribution < 1.29 is 9.59 Å². The van der Waals surface area contributed by atoms with Crippen molar-refractivity contribution in [2.75, 3.05) is 18.5 Å². The second kappa shape index (κ2) is 6.03. The summed E-state index contributed by atoms with van der Waals surface area (Å²) >= 11 is 0. The number of hydrogen-bond acceptors (Lipinski definition) is 2. The first-order chi connectivity index (χ1) is 12.1. The van der Waals surface area contributed by atoms with Gasteiger partial charge in [0.15, 0.2) is 0 Å². The Balaban J connectivity index is 1.86. The fraction of sp³-hybridized carbons (Fsp3) is 0.333. The van der Waals surface area contributed by atoms with Crippen molar-refractivity contribution in [1.82, 2.24) is 4.90 Å². The van der Waals surface area contributed by atoms with E-state index in [1.165, 1.54) is 5.56 Å². The average molecular weight is 334 g/mol. The summed E-state index contributed by atoms with van der Waals surface area (Å²) in [6.45, 7) is 2.80. The Morgan fingerprint density at radius 3 is 2.68 bits per heavy atom. The zero-order chi connectivity index (χ0) is 17.6. The molecule has 25 heavy (non-hydrogen) atoms.